The number of nitrogens with one attached hydrogen (secondary N) is 2. The maximum absolute atomic E-state index is 12.6. The van der Waals surface area contributed by atoms with E-state index >= 15 is 0 Å². The molecule has 0 aliphatic carbocycles. The van der Waals surface area contributed by atoms with E-state index in [2.05, 4.69) is 20.6 Å². The molecule has 0 unspecified atom stereocenters. The van der Waals surface area contributed by atoms with Gasteiger partial charge in [0, 0.05) is 30.8 Å². The maximum atomic E-state index is 12.6. The Bertz CT molecular complexity index is 1020. The van der Waals surface area contributed by atoms with Crippen LogP contribution in [0.15, 0.2) is 42.6 Å². The number of hydrogen-bond acceptors (Lipinski definition) is 6. The zero-order valence-corrected chi connectivity index (χ0v) is 16.5. The van der Waals surface area contributed by atoms with Crippen LogP contribution in [0.5, 0.6) is 0 Å². The number of pyridine rings is 1. The number of nitrogens with zero attached hydrogens (tertiary/aromatic N) is 2. The lowest BCUT2D eigenvalue weighted by molar-refractivity contribution is -0.114. The van der Waals surface area contributed by atoms with Crippen molar-refractivity contribution in [3.8, 4) is 21.8 Å². The van der Waals surface area contributed by atoms with Gasteiger partial charge in [-0.3, -0.25) is 9.59 Å². The standard InChI is InChI=1S/C19H17ClN4O3S/c1-11(26)23-15-10-12(6-7-21-15)19-24-16(13-4-2-3-5-14(13)20)17(28-19)18(27)22-8-9-25/h2-7,10,25H,8-9H2,1H3,(H,22,27)(H,21,23,26). The van der Waals surface area contributed by atoms with Crippen LogP contribution in [-0.2, 0) is 4.79 Å². The lowest BCUT2D eigenvalue weighted by atomic mass is 10.1. The molecule has 28 heavy (non-hydrogen) atoms. The summed E-state index contributed by atoms with van der Waals surface area (Å²) in [4.78, 5) is 33.0. The molecule has 0 fully saturated rings. The number of aliphatic hydroxyl groups is 1. The summed E-state index contributed by atoms with van der Waals surface area (Å²) >= 11 is 7.51. The molecule has 7 nitrogen and oxygen atoms in total. The normalized spacial score (nSPS) is 10.5. The first-order chi connectivity index (χ1) is 13.5. The molecule has 0 bridgehead atoms. The minimum Gasteiger partial charge on any atom is -0.395 e. The number of hydrogen-bond donors (Lipinski definition) is 3. The average Bonchev–Trinajstić information content (AvgIpc) is 3.11. The van der Waals surface area contributed by atoms with Gasteiger partial charge in [0.1, 0.15) is 15.7 Å². The Kier molecular flexibility index (Phi) is 6.35. The van der Waals surface area contributed by atoms with Gasteiger partial charge in [-0.25, -0.2) is 9.97 Å². The largest absolute Gasteiger partial charge is 0.395 e. The van der Waals surface area contributed by atoms with Crippen LogP contribution in [0.25, 0.3) is 21.8 Å². The molecule has 144 valence electrons. The summed E-state index contributed by atoms with van der Waals surface area (Å²) in [5, 5.41) is 15.3. The van der Waals surface area contributed by atoms with Crippen molar-refractivity contribution in [3.05, 3.63) is 52.5 Å². The zero-order valence-electron chi connectivity index (χ0n) is 14.9. The number of halogens is 1. The number of carbonyl (C=O) groups excluding carboxylic acids is 2. The molecule has 3 aromatic rings. The van der Waals surface area contributed by atoms with Crippen molar-refractivity contribution in [2.75, 3.05) is 18.5 Å². The third-order valence-electron chi connectivity index (χ3n) is 3.67. The second-order valence-electron chi connectivity index (χ2n) is 5.77. The Morgan fingerprint density at radius 1 is 1.25 bits per heavy atom. The monoisotopic (exact) mass is 416 g/mol. The van der Waals surface area contributed by atoms with E-state index in [-0.39, 0.29) is 25.0 Å². The summed E-state index contributed by atoms with van der Waals surface area (Å²) in [6, 6.07) is 10.6. The third kappa shape index (κ3) is 4.53. The molecule has 0 radical (unpaired) electrons. The highest BCUT2D eigenvalue weighted by molar-refractivity contribution is 7.17. The summed E-state index contributed by atoms with van der Waals surface area (Å²) in [7, 11) is 0. The third-order valence-corrected chi connectivity index (χ3v) is 5.10. The van der Waals surface area contributed by atoms with Gasteiger partial charge in [0.05, 0.1) is 17.3 Å². The fourth-order valence-electron chi connectivity index (χ4n) is 2.50. The fraction of sp³-hybridized carbons (Fsp3) is 0.158. The molecule has 0 aliphatic rings. The lowest BCUT2D eigenvalue weighted by Gasteiger charge is -2.05. The predicted octanol–water partition coefficient (Wildman–Crippen LogP) is 3.21. The van der Waals surface area contributed by atoms with Crippen LogP contribution in [0.4, 0.5) is 5.82 Å². The van der Waals surface area contributed by atoms with Crippen molar-refractivity contribution in [3.63, 3.8) is 0 Å². The molecule has 3 rings (SSSR count). The van der Waals surface area contributed by atoms with E-state index in [1.54, 1.807) is 36.5 Å². The number of benzene rings is 1. The van der Waals surface area contributed by atoms with Gasteiger partial charge in [-0.1, -0.05) is 29.8 Å². The van der Waals surface area contributed by atoms with Crippen molar-refractivity contribution in [2.24, 2.45) is 0 Å². The summed E-state index contributed by atoms with van der Waals surface area (Å²) in [6.45, 7) is 1.37. The van der Waals surface area contributed by atoms with Crippen molar-refractivity contribution in [1.82, 2.24) is 15.3 Å². The molecule has 0 aliphatic heterocycles. The van der Waals surface area contributed by atoms with Crippen molar-refractivity contribution in [1.29, 1.82) is 0 Å². The second kappa shape index (κ2) is 8.92. The summed E-state index contributed by atoms with van der Waals surface area (Å²) in [5.41, 5.74) is 1.80. The molecule has 0 spiro atoms. The van der Waals surface area contributed by atoms with Gasteiger partial charge < -0.3 is 15.7 Å². The molecule has 2 amide bonds. The number of carbonyl (C=O) groups is 2. The van der Waals surface area contributed by atoms with Crippen LogP contribution < -0.4 is 10.6 Å². The average molecular weight is 417 g/mol. The van der Waals surface area contributed by atoms with E-state index in [1.807, 2.05) is 6.07 Å². The first-order valence-electron chi connectivity index (χ1n) is 8.38. The Balaban J connectivity index is 2.08. The van der Waals surface area contributed by atoms with Crippen LogP contribution >= 0.6 is 22.9 Å². The highest BCUT2D eigenvalue weighted by Gasteiger charge is 2.21. The summed E-state index contributed by atoms with van der Waals surface area (Å²) in [6.07, 6.45) is 1.56. The molecule has 2 heterocycles. The highest BCUT2D eigenvalue weighted by atomic mass is 35.5. The Morgan fingerprint density at radius 2 is 2.04 bits per heavy atom. The molecule has 0 saturated heterocycles. The van der Waals surface area contributed by atoms with E-state index in [4.69, 9.17) is 16.7 Å². The van der Waals surface area contributed by atoms with Gasteiger partial charge in [-0.15, -0.1) is 11.3 Å². The number of thiazole rings is 1. The second-order valence-corrected chi connectivity index (χ2v) is 7.17. The van der Waals surface area contributed by atoms with Crippen LogP contribution in [0.3, 0.4) is 0 Å². The summed E-state index contributed by atoms with van der Waals surface area (Å²) in [5.74, 6) is -0.181. The van der Waals surface area contributed by atoms with E-state index < -0.39 is 0 Å². The number of anilines is 1. The van der Waals surface area contributed by atoms with Gasteiger partial charge in [-0.05, 0) is 18.2 Å². The number of amides is 2. The van der Waals surface area contributed by atoms with E-state index in [0.717, 1.165) is 0 Å². The minimum atomic E-state index is -0.344. The topological polar surface area (TPSA) is 104 Å². The molecule has 9 heteroatoms. The van der Waals surface area contributed by atoms with E-state index in [9.17, 15) is 9.59 Å². The molecular weight excluding hydrogens is 400 g/mol. The molecular formula is C19H17ClN4O3S. The Hall–Kier alpha value is -2.81. The van der Waals surface area contributed by atoms with Crippen molar-refractivity contribution >= 4 is 40.6 Å². The van der Waals surface area contributed by atoms with Crippen LogP contribution in [0, 0.1) is 0 Å². The van der Waals surface area contributed by atoms with E-state index in [1.165, 1.54) is 18.3 Å². The summed E-state index contributed by atoms with van der Waals surface area (Å²) < 4.78 is 0. The lowest BCUT2D eigenvalue weighted by Crippen LogP contribution is -2.26. The zero-order chi connectivity index (χ0) is 20.1. The van der Waals surface area contributed by atoms with E-state index in [0.29, 0.717) is 37.5 Å². The first-order valence-corrected chi connectivity index (χ1v) is 9.58. The van der Waals surface area contributed by atoms with Gasteiger partial charge in [0.15, 0.2) is 0 Å². The van der Waals surface area contributed by atoms with Crippen LogP contribution in [0.2, 0.25) is 5.02 Å². The maximum Gasteiger partial charge on any atom is 0.263 e. The quantitative estimate of drug-likeness (QED) is 0.572. The number of rotatable bonds is 6. The highest BCUT2D eigenvalue weighted by Crippen LogP contribution is 2.37. The van der Waals surface area contributed by atoms with Crippen molar-refractivity contribution < 1.29 is 14.7 Å². The molecule has 2 aromatic heterocycles. The van der Waals surface area contributed by atoms with Crippen molar-refractivity contribution in [2.45, 2.75) is 6.92 Å². The molecule has 0 atom stereocenters. The minimum absolute atomic E-state index is 0.135. The first kappa shape index (κ1) is 19.9. The Labute approximate surface area is 170 Å². The van der Waals surface area contributed by atoms with Gasteiger partial charge >= 0.3 is 0 Å². The molecule has 3 N–H and O–H groups in total. The fourth-order valence-corrected chi connectivity index (χ4v) is 3.71. The van der Waals surface area contributed by atoms with Crippen LogP contribution in [0.1, 0.15) is 16.6 Å². The van der Waals surface area contributed by atoms with Gasteiger partial charge in [-0.2, -0.15) is 0 Å². The molecule has 0 saturated carbocycles. The Morgan fingerprint density at radius 3 is 2.75 bits per heavy atom. The van der Waals surface area contributed by atoms with Gasteiger partial charge in [0.2, 0.25) is 5.91 Å². The van der Waals surface area contributed by atoms with Crippen LogP contribution in [-0.4, -0.2) is 40.0 Å². The number of aromatic nitrogens is 2. The predicted molar refractivity (Wildman–Crippen MR) is 110 cm³/mol. The number of aliphatic hydroxyl groups excluding tert-OH is 1. The molecule has 1 aromatic carbocycles. The van der Waals surface area contributed by atoms with Gasteiger partial charge in [0.25, 0.3) is 5.91 Å². The smallest absolute Gasteiger partial charge is 0.263 e. The SMILES string of the molecule is CC(=O)Nc1cc(-c2nc(-c3ccccc3Cl)c(C(=O)NCCO)s2)ccn1.